The van der Waals surface area contributed by atoms with Gasteiger partial charge in [0.2, 0.25) is 0 Å². The molecule has 0 unspecified atom stereocenters. The molecule has 1 aliphatic rings. The molecular weight excluding hydrogens is 201 g/mol. The highest BCUT2D eigenvalue weighted by molar-refractivity contribution is 5.48. The summed E-state index contributed by atoms with van der Waals surface area (Å²) in [7, 11) is 0. The van der Waals surface area contributed by atoms with E-state index in [4.69, 9.17) is 0 Å². The van der Waals surface area contributed by atoms with E-state index in [0.29, 0.717) is 0 Å². The third-order valence-corrected chi connectivity index (χ3v) is 3.06. The Morgan fingerprint density at radius 2 is 2.00 bits per heavy atom. The van der Waals surface area contributed by atoms with Crippen LogP contribution in [0.2, 0.25) is 0 Å². The Morgan fingerprint density at radius 1 is 1.31 bits per heavy atom. The van der Waals surface area contributed by atoms with E-state index in [2.05, 4.69) is 32.2 Å². The summed E-state index contributed by atoms with van der Waals surface area (Å²) in [6.45, 7) is 7.29. The van der Waals surface area contributed by atoms with Gasteiger partial charge in [-0.05, 0) is 47.9 Å². The second kappa shape index (κ2) is 4.08. The summed E-state index contributed by atoms with van der Waals surface area (Å²) < 4.78 is 13.5. The van der Waals surface area contributed by atoms with Crippen LogP contribution in [0.5, 0.6) is 0 Å². The van der Waals surface area contributed by atoms with Crippen molar-refractivity contribution in [1.29, 1.82) is 0 Å². The Labute approximate surface area is 98.5 Å². The summed E-state index contributed by atoms with van der Waals surface area (Å²) in [6, 6.07) is 5.27. The van der Waals surface area contributed by atoms with Gasteiger partial charge in [0, 0.05) is 13.7 Å². The quantitative estimate of drug-likeness (QED) is 0.810. The summed E-state index contributed by atoms with van der Waals surface area (Å²) in [5.41, 5.74) is 1.96. The summed E-state index contributed by atoms with van der Waals surface area (Å²) in [5, 5.41) is 3.32. The fraction of sp³-hybridized carbons (Fsp3) is 0.571. The van der Waals surface area contributed by atoms with Gasteiger partial charge >= 0.3 is 0 Å². The van der Waals surface area contributed by atoms with Crippen molar-refractivity contribution in [3.63, 3.8) is 0 Å². The zero-order valence-corrected chi connectivity index (χ0v) is 10.3. The number of rotatable bonds is 3. The van der Waals surface area contributed by atoms with Crippen LogP contribution in [0.4, 0.5) is 10.1 Å². The minimum Gasteiger partial charge on any atom is -0.385 e. The molecule has 0 atom stereocenters. The van der Waals surface area contributed by atoms with Gasteiger partial charge in [-0.3, -0.25) is 0 Å². The van der Waals surface area contributed by atoms with Crippen LogP contribution < -0.4 is 5.32 Å². The molecule has 0 amide bonds. The van der Waals surface area contributed by atoms with Crippen molar-refractivity contribution in [2.24, 2.45) is 5.92 Å². The van der Waals surface area contributed by atoms with Crippen LogP contribution in [0.3, 0.4) is 0 Å². The molecule has 0 radical (unpaired) electrons. The lowest BCUT2D eigenvalue weighted by atomic mass is 9.87. The fourth-order valence-electron chi connectivity index (χ4n) is 1.71. The number of nitrogens with one attached hydrogen (secondary N) is 1. The average molecular weight is 223 g/mol. The minimum absolute atomic E-state index is 0. The smallest absolute Gasteiger partial charge is 0.125 e. The predicted molar refractivity (Wildman–Crippen MR) is 68.4 cm³/mol. The third kappa shape index (κ3) is 2.97. The van der Waals surface area contributed by atoms with Gasteiger partial charge in [-0.2, -0.15) is 0 Å². The van der Waals surface area contributed by atoms with E-state index in [1.165, 1.54) is 12.8 Å². The molecule has 2 heteroatoms. The van der Waals surface area contributed by atoms with Gasteiger partial charge < -0.3 is 5.32 Å². The van der Waals surface area contributed by atoms with Crippen molar-refractivity contribution in [3.05, 3.63) is 29.6 Å². The van der Waals surface area contributed by atoms with Crippen LogP contribution >= 0.6 is 0 Å². The fourth-order valence-corrected chi connectivity index (χ4v) is 1.71. The lowest BCUT2D eigenvalue weighted by Crippen LogP contribution is -2.12. The van der Waals surface area contributed by atoms with Crippen molar-refractivity contribution in [2.45, 2.75) is 39.0 Å². The maximum absolute atomic E-state index is 13.5. The SMILES string of the molecule is CC(C)(C)c1cc(F)cc(NCC2CC2)c1.[HH]. The normalized spacial score (nSPS) is 16.2. The molecule has 0 aromatic heterocycles. The summed E-state index contributed by atoms with van der Waals surface area (Å²) in [4.78, 5) is 0. The van der Waals surface area contributed by atoms with Crippen LogP contribution in [0.25, 0.3) is 0 Å². The zero-order valence-electron chi connectivity index (χ0n) is 10.3. The molecule has 1 aromatic rings. The van der Waals surface area contributed by atoms with Gasteiger partial charge in [-0.25, -0.2) is 4.39 Å². The highest BCUT2D eigenvalue weighted by atomic mass is 19.1. The number of benzene rings is 1. The molecule has 0 bridgehead atoms. The molecule has 0 aliphatic heterocycles. The van der Waals surface area contributed by atoms with E-state index in [-0.39, 0.29) is 12.7 Å². The lowest BCUT2D eigenvalue weighted by molar-refractivity contribution is 0.572. The molecule has 0 saturated heterocycles. The van der Waals surface area contributed by atoms with Gasteiger partial charge in [0.25, 0.3) is 0 Å². The molecular formula is C14H22FN. The Hall–Kier alpha value is -1.05. The average Bonchev–Trinajstić information content (AvgIpc) is 2.96. The van der Waals surface area contributed by atoms with E-state index in [9.17, 15) is 4.39 Å². The Bertz CT molecular complexity index is 380. The largest absolute Gasteiger partial charge is 0.385 e. The van der Waals surface area contributed by atoms with E-state index in [0.717, 1.165) is 23.7 Å². The summed E-state index contributed by atoms with van der Waals surface area (Å²) in [6.07, 6.45) is 2.63. The zero-order chi connectivity index (χ0) is 11.8. The van der Waals surface area contributed by atoms with Crippen LogP contribution in [0, 0.1) is 11.7 Å². The van der Waals surface area contributed by atoms with Gasteiger partial charge in [0.05, 0.1) is 0 Å². The van der Waals surface area contributed by atoms with Crippen molar-refractivity contribution in [2.75, 3.05) is 11.9 Å². The van der Waals surface area contributed by atoms with Gasteiger partial charge in [-0.1, -0.05) is 20.8 Å². The van der Waals surface area contributed by atoms with Crippen LogP contribution in [0.15, 0.2) is 18.2 Å². The molecule has 0 spiro atoms. The highest BCUT2D eigenvalue weighted by Gasteiger charge is 2.21. The lowest BCUT2D eigenvalue weighted by Gasteiger charge is -2.20. The minimum atomic E-state index is -0.147. The number of halogens is 1. The van der Waals surface area contributed by atoms with Crippen LogP contribution in [-0.4, -0.2) is 6.54 Å². The van der Waals surface area contributed by atoms with Crippen LogP contribution in [0.1, 0.15) is 40.6 Å². The highest BCUT2D eigenvalue weighted by Crippen LogP contribution is 2.30. The molecule has 1 fully saturated rings. The third-order valence-electron chi connectivity index (χ3n) is 3.06. The standard InChI is InChI=1S/C14H20FN.H2/c1-14(2,3)11-6-12(15)8-13(7-11)16-9-10-4-5-10;/h6-8,10,16H,4-5,9H2,1-3H3;1H. The maximum Gasteiger partial charge on any atom is 0.125 e. The van der Waals surface area contributed by atoms with E-state index < -0.39 is 0 Å². The second-order valence-electron chi connectivity index (χ2n) is 5.80. The molecule has 1 saturated carbocycles. The molecule has 0 heterocycles. The van der Waals surface area contributed by atoms with Crippen molar-refractivity contribution < 1.29 is 5.82 Å². The number of hydrogen-bond donors (Lipinski definition) is 1. The molecule has 1 N–H and O–H groups in total. The first-order chi connectivity index (χ1) is 7.45. The first-order valence-electron chi connectivity index (χ1n) is 6.00. The van der Waals surface area contributed by atoms with E-state index in [1.54, 1.807) is 12.1 Å². The monoisotopic (exact) mass is 223 g/mol. The second-order valence-corrected chi connectivity index (χ2v) is 5.80. The van der Waals surface area contributed by atoms with Crippen LogP contribution in [-0.2, 0) is 5.41 Å². The summed E-state index contributed by atoms with van der Waals surface area (Å²) >= 11 is 0. The Morgan fingerprint density at radius 3 is 2.56 bits per heavy atom. The Kier molecular flexibility index (Phi) is 2.92. The number of anilines is 1. The molecule has 16 heavy (non-hydrogen) atoms. The predicted octanol–water partition coefficient (Wildman–Crippen LogP) is 4.19. The van der Waals surface area contributed by atoms with Gasteiger partial charge in [0.15, 0.2) is 0 Å². The van der Waals surface area contributed by atoms with E-state index in [1.807, 2.05) is 0 Å². The topological polar surface area (TPSA) is 12.0 Å². The molecule has 1 nitrogen and oxygen atoms in total. The van der Waals surface area contributed by atoms with Crippen molar-refractivity contribution in [1.82, 2.24) is 0 Å². The van der Waals surface area contributed by atoms with Crippen molar-refractivity contribution >= 4 is 5.69 Å². The molecule has 90 valence electrons. The van der Waals surface area contributed by atoms with E-state index >= 15 is 0 Å². The first kappa shape index (κ1) is 11.4. The van der Waals surface area contributed by atoms with Gasteiger partial charge in [0.1, 0.15) is 5.82 Å². The van der Waals surface area contributed by atoms with Crippen molar-refractivity contribution in [3.8, 4) is 0 Å². The molecule has 1 aliphatic carbocycles. The first-order valence-corrected chi connectivity index (χ1v) is 6.00. The number of hydrogen-bond acceptors (Lipinski definition) is 1. The maximum atomic E-state index is 13.5. The molecule has 1 aromatic carbocycles. The Balaban J connectivity index is 0.00000144. The summed E-state index contributed by atoms with van der Waals surface area (Å²) in [5.74, 6) is 0.659. The van der Waals surface area contributed by atoms with Gasteiger partial charge in [-0.15, -0.1) is 0 Å². The molecule has 2 rings (SSSR count).